The largest absolute Gasteiger partial charge is 0.392 e. The summed E-state index contributed by atoms with van der Waals surface area (Å²) in [6.07, 6.45) is 11.2. The first kappa shape index (κ1) is 29.4. The topological polar surface area (TPSA) is 53.4 Å². The fourth-order valence-electron chi connectivity index (χ4n) is 7.30. The molecule has 3 aliphatic rings. The molecule has 2 N–H and O–H groups in total. The SMILES string of the molecule is CC1(C)CCCC2CC(C)(C)C(O)C2C1O.[Ir].[c-]1ccccc1-c1cc2cc(C3CCCC3)ccc2cn1. The Hall–Kier alpha value is -1.58. The van der Waals surface area contributed by atoms with E-state index >= 15 is 0 Å². The van der Waals surface area contributed by atoms with Gasteiger partial charge in [0, 0.05) is 32.2 Å². The van der Waals surface area contributed by atoms with Crippen LogP contribution >= 0.6 is 0 Å². The first-order valence-corrected chi connectivity index (χ1v) is 14.4. The Morgan fingerprint density at radius 1 is 0.842 bits per heavy atom. The van der Waals surface area contributed by atoms with Gasteiger partial charge < -0.3 is 15.2 Å². The fourth-order valence-corrected chi connectivity index (χ4v) is 7.30. The standard InChI is InChI=1S/C20H18N.C14H26O2.Ir/c1-2-8-16(9-3-1)20-13-19-12-17(15-6-4-5-7-15)10-11-18(19)14-21-20;1-13(2)7-5-6-9-8-14(3,4)12(16)10(9)11(13)15;/h1-3,8,10-15H,4-7H2;9-12,15-16H,5-8H2,1-4H3;/q-1;;. The van der Waals surface area contributed by atoms with Gasteiger partial charge in [0.15, 0.2) is 0 Å². The van der Waals surface area contributed by atoms with E-state index in [1.807, 2.05) is 24.4 Å². The summed E-state index contributed by atoms with van der Waals surface area (Å²) in [4.78, 5) is 4.57. The number of fused-ring (bicyclic) bond motifs is 2. The minimum atomic E-state index is -0.350. The van der Waals surface area contributed by atoms with Gasteiger partial charge in [-0.1, -0.05) is 71.2 Å². The van der Waals surface area contributed by atoms with Crippen LogP contribution in [0.25, 0.3) is 22.0 Å². The van der Waals surface area contributed by atoms with Crippen molar-refractivity contribution in [3.63, 3.8) is 0 Å². The zero-order valence-corrected chi connectivity index (χ0v) is 25.8. The Labute approximate surface area is 242 Å². The molecule has 1 radical (unpaired) electrons. The summed E-state index contributed by atoms with van der Waals surface area (Å²) >= 11 is 0. The van der Waals surface area contributed by atoms with E-state index in [4.69, 9.17) is 0 Å². The molecule has 1 aromatic heterocycles. The Bertz CT molecular complexity index is 1200. The van der Waals surface area contributed by atoms with Crippen LogP contribution in [0.2, 0.25) is 0 Å². The summed E-state index contributed by atoms with van der Waals surface area (Å²) in [6, 6.07) is 20.3. The van der Waals surface area contributed by atoms with Gasteiger partial charge in [0.25, 0.3) is 0 Å². The molecule has 38 heavy (non-hydrogen) atoms. The van der Waals surface area contributed by atoms with E-state index in [1.165, 1.54) is 54.9 Å². The van der Waals surface area contributed by atoms with Gasteiger partial charge in [-0.3, -0.25) is 0 Å². The van der Waals surface area contributed by atoms with Crippen LogP contribution in [0.5, 0.6) is 0 Å². The summed E-state index contributed by atoms with van der Waals surface area (Å²) in [5.41, 5.74) is 3.50. The monoisotopic (exact) mass is 691 g/mol. The molecular weight excluding hydrogens is 647 g/mol. The van der Waals surface area contributed by atoms with Crippen LogP contribution in [0.4, 0.5) is 0 Å². The maximum absolute atomic E-state index is 10.5. The predicted octanol–water partition coefficient (Wildman–Crippen LogP) is 7.94. The van der Waals surface area contributed by atoms with Crippen LogP contribution in [0, 0.1) is 28.7 Å². The van der Waals surface area contributed by atoms with Crippen molar-refractivity contribution in [1.29, 1.82) is 0 Å². The summed E-state index contributed by atoms with van der Waals surface area (Å²) in [7, 11) is 0. The van der Waals surface area contributed by atoms with Gasteiger partial charge in [0.1, 0.15) is 0 Å². The Morgan fingerprint density at radius 2 is 1.58 bits per heavy atom. The van der Waals surface area contributed by atoms with Crippen molar-refractivity contribution in [2.45, 2.75) is 97.2 Å². The van der Waals surface area contributed by atoms with E-state index < -0.39 is 0 Å². The quantitative estimate of drug-likeness (QED) is 0.269. The van der Waals surface area contributed by atoms with E-state index in [1.54, 1.807) is 0 Å². The molecule has 3 aliphatic carbocycles. The second kappa shape index (κ2) is 11.9. The van der Waals surface area contributed by atoms with Gasteiger partial charge in [-0.05, 0) is 76.8 Å². The number of aromatic nitrogens is 1. The molecule has 3 nitrogen and oxygen atoms in total. The van der Waals surface area contributed by atoms with Crippen LogP contribution in [0.15, 0.2) is 54.7 Å². The Morgan fingerprint density at radius 3 is 2.29 bits per heavy atom. The molecule has 0 spiro atoms. The molecule has 0 aliphatic heterocycles. The van der Waals surface area contributed by atoms with E-state index in [0.717, 1.165) is 30.0 Å². The Kier molecular flexibility index (Phi) is 9.20. The average Bonchev–Trinajstić information content (AvgIpc) is 3.48. The van der Waals surface area contributed by atoms with Gasteiger partial charge in [-0.25, -0.2) is 0 Å². The fraction of sp³-hybridized carbons (Fsp3) is 0.559. The number of nitrogens with zero attached hydrogens (tertiary/aromatic N) is 1. The molecule has 3 aromatic rings. The molecule has 4 unspecified atom stereocenters. The third-order valence-corrected chi connectivity index (χ3v) is 9.62. The van der Waals surface area contributed by atoms with Crippen molar-refractivity contribution in [2.75, 3.05) is 0 Å². The van der Waals surface area contributed by atoms with Gasteiger partial charge in [-0.2, -0.15) is 0 Å². The molecule has 6 rings (SSSR count). The zero-order valence-electron chi connectivity index (χ0n) is 23.4. The minimum Gasteiger partial charge on any atom is -0.392 e. The second-order valence-corrected chi connectivity index (χ2v) is 13.2. The van der Waals surface area contributed by atoms with Crippen molar-refractivity contribution >= 4 is 10.8 Å². The van der Waals surface area contributed by atoms with E-state index in [9.17, 15) is 10.2 Å². The first-order valence-electron chi connectivity index (χ1n) is 14.4. The average molecular weight is 691 g/mol. The van der Waals surface area contributed by atoms with E-state index in [-0.39, 0.29) is 49.1 Å². The van der Waals surface area contributed by atoms with Crippen LogP contribution in [-0.4, -0.2) is 27.4 Å². The zero-order chi connectivity index (χ0) is 26.2. The molecule has 0 bridgehead atoms. The van der Waals surface area contributed by atoms with Crippen LogP contribution in [0.3, 0.4) is 0 Å². The molecule has 0 amide bonds. The number of rotatable bonds is 2. The molecule has 3 saturated carbocycles. The van der Waals surface area contributed by atoms with Crippen molar-refractivity contribution in [2.24, 2.45) is 22.7 Å². The number of aliphatic hydroxyl groups is 2. The predicted molar refractivity (Wildman–Crippen MR) is 152 cm³/mol. The van der Waals surface area contributed by atoms with Gasteiger partial charge in [-0.15, -0.1) is 35.9 Å². The number of pyridine rings is 1. The van der Waals surface area contributed by atoms with Crippen LogP contribution < -0.4 is 0 Å². The molecule has 2 aromatic carbocycles. The third kappa shape index (κ3) is 6.09. The minimum absolute atomic E-state index is 0. The molecule has 4 atom stereocenters. The molecule has 0 saturated heterocycles. The van der Waals surface area contributed by atoms with Crippen LogP contribution in [-0.2, 0) is 20.1 Å². The van der Waals surface area contributed by atoms with E-state index in [2.05, 4.69) is 69.1 Å². The van der Waals surface area contributed by atoms with Crippen LogP contribution in [0.1, 0.15) is 90.5 Å². The summed E-state index contributed by atoms with van der Waals surface area (Å²) < 4.78 is 0. The summed E-state index contributed by atoms with van der Waals surface area (Å²) in [5.74, 6) is 1.36. The number of benzene rings is 2. The molecule has 1 heterocycles. The second-order valence-electron chi connectivity index (χ2n) is 13.2. The van der Waals surface area contributed by atoms with Crippen molar-refractivity contribution in [1.82, 2.24) is 4.98 Å². The summed E-state index contributed by atoms with van der Waals surface area (Å²) in [6.45, 7) is 8.54. The smallest absolute Gasteiger partial charge is 0.0646 e. The van der Waals surface area contributed by atoms with Crippen molar-refractivity contribution in [3.05, 3.63) is 66.4 Å². The van der Waals surface area contributed by atoms with Gasteiger partial charge >= 0.3 is 0 Å². The summed E-state index contributed by atoms with van der Waals surface area (Å²) in [5, 5.41) is 23.5. The van der Waals surface area contributed by atoms with Crippen molar-refractivity contribution < 1.29 is 30.3 Å². The number of aliphatic hydroxyl groups excluding tert-OH is 2. The molecule has 207 valence electrons. The Balaban J connectivity index is 0.000000179. The number of hydrogen-bond donors (Lipinski definition) is 2. The van der Waals surface area contributed by atoms with E-state index in [0.29, 0.717) is 5.92 Å². The third-order valence-electron chi connectivity index (χ3n) is 9.62. The molecule has 4 heteroatoms. The maximum Gasteiger partial charge on any atom is 0.0646 e. The van der Waals surface area contributed by atoms with Crippen molar-refractivity contribution in [3.8, 4) is 11.3 Å². The normalized spacial score (nSPS) is 28.1. The van der Waals surface area contributed by atoms with Gasteiger partial charge in [0.05, 0.1) is 12.2 Å². The molecule has 3 fully saturated rings. The number of hydrogen-bond acceptors (Lipinski definition) is 3. The first-order chi connectivity index (χ1) is 17.7. The maximum atomic E-state index is 10.5. The molecular formula is C34H44IrNO2-. The van der Waals surface area contributed by atoms with Gasteiger partial charge in [0.2, 0.25) is 0 Å².